The third kappa shape index (κ3) is 3.02. The lowest BCUT2D eigenvalue weighted by molar-refractivity contribution is 0.0996. The van der Waals surface area contributed by atoms with Crippen LogP contribution in [0.4, 0.5) is 5.69 Å². The van der Waals surface area contributed by atoms with Gasteiger partial charge < -0.3 is 10.6 Å². The van der Waals surface area contributed by atoms with Crippen molar-refractivity contribution in [1.82, 2.24) is 9.29 Å². The van der Waals surface area contributed by atoms with Crippen LogP contribution in [0, 0.1) is 0 Å². The molecule has 0 atom stereocenters. The summed E-state index contributed by atoms with van der Waals surface area (Å²) in [7, 11) is -3.16. The summed E-state index contributed by atoms with van der Waals surface area (Å²) < 4.78 is 24.3. The monoisotopic (exact) mass is 284 g/mol. The molecule has 1 fully saturated rings. The number of nitrogens with zero attached hydrogens (tertiary/aromatic N) is 3. The second-order valence-corrected chi connectivity index (χ2v) is 6.37. The van der Waals surface area contributed by atoms with Crippen molar-refractivity contribution in [2.45, 2.75) is 0 Å². The third-order valence-corrected chi connectivity index (χ3v) is 4.37. The molecule has 1 saturated heterocycles. The zero-order valence-electron chi connectivity index (χ0n) is 10.6. The van der Waals surface area contributed by atoms with Crippen LogP contribution in [-0.2, 0) is 10.0 Å². The summed E-state index contributed by atoms with van der Waals surface area (Å²) in [6.07, 6.45) is 2.71. The van der Waals surface area contributed by atoms with Crippen molar-refractivity contribution in [2.75, 3.05) is 37.3 Å². The Labute approximate surface area is 112 Å². The van der Waals surface area contributed by atoms with Crippen molar-refractivity contribution in [3.05, 3.63) is 24.0 Å². The van der Waals surface area contributed by atoms with Crippen molar-refractivity contribution in [3.8, 4) is 0 Å². The SMILES string of the molecule is CS(=O)(=O)N1CCN(c2cccnc2C(N)=O)CC1. The molecular weight excluding hydrogens is 268 g/mol. The molecule has 1 aromatic rings. The number of rotatable bonds is 3. The Hall–Kier alpha value is -1.67. The van der Waals surface area contributed by atoms with Gasteiger partial charge in [0.1, 0.15) is 0 Å². The lowest BCUT2D eigenvalue weighted by atomic mass is 10.2. The van der Waals surface area contributed by atoms with Gasteiger partial charge in [-0.15, -0.1) is 0 Å². The van der Waals surface area contributed by atoms with E-state index < -0.39 is 15.9 Å². The number of carbonyl (C=O) groups excluding carboxylic acids is 1. The number of anilines is 1. The summed E-state index contributed by atoms with van der Waals surface area (Å²) in [5.74, 6) is -0.582. The zero-order valence-corrected chi connectivity index (χ0v) is 11.4. The molecule has 1 aromatic heterocycles. The molecule has 8 heteroatoms. The predicted molar refractivity (Wildman–Crippen MR) is 71.4 cm³/mol. The van der Waals surface area contributed by atoms with Crippen LogP contribution in [0.25, 0.3) is 0 Å². The average molecular weight is 284 g/mol. The Morgan fingerprint density at radius 1 is 1.32 bits per heavy atom. The minimum Gasteiger partial charge on any atom is -0.367 e. The molecule has 1 aliphatic rings. The number of carbonyl (C=O) groups is 1. The van der Waals surface area contributed by atoms with Gasteiger partial charge in [-0.2, -0.15) is 4.31 Å². The minimum atomic E-state index is -3.16. The molecule has 7 nitrogen and oxygen atoms in total. The van der Waals surface area contributed by atoms with Crippen molar-refractivity contribution in [3.63, 3.8) is 0 Å². The summed E-state index contributed by atoms with van der Waals surface area (Å²) >= 11 is 0. The van der Waals surface area contributed by atoms with Crippen LogP contribution in [0.3, 0.4) is 0 Å². The van der Waals surface area contributed by atoms with E-state index in [1.165, 1.54) is 16.8 Å². The number of sulfonamides is 1. The molecule has 0 spiro atoms. The Morgan fingerprint density at radius 2 is 1.95 bits per heavy atom. The van der Waals surface area contributed by atoms with Gasteiger partial charge in [-0.25, -0.2) is 13.4 Å². The highest BCUT2D eigenvalue weighted by molar-refractivity contribution is 7.88. The van der Waals surface area contributed by atoms with Crippen LogP contribution in [0.1, 0.15) is 10.5 Å². The quantitative estimate of drug-likeness (QED) is 0.788. The molecule has 1 aliphatic heterocycles. The number of nitrogens with two attached hydrogens (primary N) is 1. The number of aromatic nitrogens is 1. The molecule has 2 rings (SSSR count). The van der Waals surface area contributed by atoms with Gasteiger partial charge in [0.15, 0.2) is 5.69 Å². The van der Waals surface area contributed by atoms with Gasteiger partial charge in [0.05, 0.1) is 11.9 Å². The largest absolute Gasteiger partial charge is 0.367 e. The Kier molecular flexibility index (Phi) is 3.72. The van der Waals surface area contributed by atoms with Crippen LogP contribution in [0.2, 0.25) is 0 Å². The van der Waals surface area contributed by atoms with Gasteiger partial charge in [0.25, 0.3) is 5.91 Å². The van der Waals surface area contributed by atoms with Gasteiger partial charge >= 0.3 is 0 Å². The Morgan fingerprint density at radius 3 is 2.47 bits per heavy atom. The summed E-state index contributed by atoms with van der Waals surface area (Å²) in [5.41, 5.74) is 6.16. The van der Waals surface area contributed by atoms with Crippen LogP contribution in [-0.4, -0.2) is 56.0 Å². The van der Waals surface area contributed by atoms with Crippen molar-refractivity contribution in [2.24, 2.45) is 5.73 Å². The molecule has 0 aliphatic carbocycles. The maximum Gasteiger partial charge on any atom is 0.269 e. The highest BCUT2D eigenvalue weighted by Gasteiger charge is 2.25. The van der Waals surface area contributed by atoms with Gasteiger partial charge in [-0.1, -0.05) is 0 Å². The molecule has 0 aromatic carbocycles. The fourth-order valence-electron chi connectivity index (χ4n) is 2.10. The number of amides is 1. The lowest BCUT2D eigenvalue weighted by Gasteiger charge is -2.35. The minimum absolute atomic E-state index is 0.218. The molecule has 0 saturated carbocycles. The van der Waals surface area contributed by atoms with Crippen LogP contribution in [0.5, 0.6) is 0 Å². The van der Waals surface area contributed by atoms with E-state index in [1.54, 1.807) is 12.1 Å². The van der Waals surface area contributed by atoms with E-state index in [0.717, 1.165) is 0 Å². The maximum absolute atomic E-state index is 11.4. The molecule has 0 bridgehead atoms. The molecule has 0 radical (unpaired) electrons. The molecule has 2 N–H and O–H groups in total. The fraction of sp³-hybridized carbons (Fsp3) is 0.455. The van der Waals surface area contributed by atoms with Gasteiger partial charge in [0.2, 0.25) is 10.0 Å². The molecular formula is C11H16N4O3S. The number of piperazine rings is 1. The fourth-order valence-corrected chi connectivity index (χ4v) is 2.93. The van der Waals surface area contributed by atoms with Crippen molar-refractivity contribution < 1.29 is 13.2 Å². The van der Waals surface area contributed by atoms with E-state index in [2.05, 4.69) is 4.98 Å². The van der Waals surface area contributed by atoms with E-state index in [0.29, 0.717) is 31.9 Å². The maximum atomic E-state index is 11.4. The summed E-state index contributed by atoms with van der Waals surface area (Å²) in [6, 6.07) is 3.49. The summed E-state index contributed by atoms with van der Waals surface area (Å²) in [5, 5.41) is 0. The highest BCUT2D eigenvalue weighted by atomic mass is 32.2. The van der Waals surface area contributed by atoms with Gasteiger partial charge in [-0.3, -0.25) is 4.79 Å². The summed E-state index contributed by atoms with van der Waals surface area (Å²) in [6.45, 7) is 1.82. The average Bonchev–Trinajstić information content (AvgIpc) is 2.38. The molecule has 104 valence electrons. The van der Waals surface area contributed by atoms with Crippen molar-refractivity contribution in [1.29, 1.82) is 0 Å². The van der Waals surface area contributed by atoms with E-state index >= 15 is 0 Å². The third-order valence-electron chi connectivity index (χ3n) is 3.07. The van der Waals surface area contributed by atoms with E-state index in [-0.39, 0.29) is 5.69 Å². The Bertz CT molecular complexity index is 579. The van der Waals surface area contributed by atoms with Gasteiger partial charge in [-0.05, 0) is 12.1 Å². The highest BCUT2D eigenvalue weighted by Crippen LogP contribution is 2.20. The van der Waals surface area contributed by atoms with E-state index in [9.17, 15) is 13.2 Å². The summed E-state index contributed by atoms with van der Waals surface area (Å²) in [4.78, 5) is 17.2. The number of hydrogen-bond acceptors (Lipinski definition) is 5. The number of hydrogen-bond donors (Lipinski definition) is 1. The lowest BCUT2D eigenvalue weighted by Crippen LogP contribution is -2.48. The van der Waals surface area contributed by atoms with E-state index in [1.807, 2.05) is 4.90 Å². The Balaban J connectivity index is 2.16. The molecule has 19 heavy (non-hydrogen) atoms. The number of primary amides is 1. The molecule has 0 unspecified atom stereocenters. The normalized spacial score (nSPS) is 17.4. The number of pyridine rings is 1. The first-order chi connectivity index (χ1) is 8.89. The van der Waals surface area contributed by atoms with Gasteiger partial charge in [0, 0.05) is 32.4 Å². The first-order valence-corrected chi connectivity index (χ1v) is 7.69. The zero-order chi connectivity index (χ0) is 14.0. The van der Waals surface area contributed by atoms with E-state index in [4.69, 9.17) is 5.73 Å². The second-order valence-electron chi connectivity index (χ2n) is 4.38. The van der Waals surface area contributed by atoms with Crippen LogP contribution >= 0.6 is 0 Å². The second kappa shape index (κ2) is 5.14. The van der Waals surface area contributed by atoms with Crippen LogP contribution in [0.15, 0.2) is 18.3 Å². The van der Waals surface area contributed by atoms with Crippen molar-refractivity contribution >= 4 is 21.6 Å². The molecule has 1 amide bonds. The predicted octanol–water partition coefficient (Wildman–Crippen LogP) is -0.738. The smallest absolute Gasteiger partial charge is 0.269 e. The first kappa shape index (κ1) is 13.8. The van der Waals surface area contributed by atoms with Crippen LogP contribution < -0.4 is 10.6 Å². The first-order valence-electron chi connectivity index (χ1n) is 5.84. The molecule has 2 heterocycles. The topological polar surface area (TPSA) is 96.6 Å². The standard InChI is InChI=1S/C11H16N4O3S/c1-19(17,18)15-7-5-14(6-8-15)9-3-2-4-13-10(9)11(12)16/h2-4H,5-8H2,1H3,(H2,12,16).